The standard InChI is InChI=1S/C18H27NOS/c1-3-5-8-14(4-2)12-20-13-16-15-9-6-7-10-17(15)21-18(16)11-19/h6-7,9-10,14H,3-5,8,11-13,19H2,1-2H3. The molecule has 2 aromatic rings. The topological polar surface area (TPSA) is 35.2 Å². The van der Waals surface area contributed by atoms with Gasteiger partial charge in [0.05, 0.1) is 6.61 Å². The second-order valence-corrected chi connectivity index (χ2v) is 6.77. The van der Waals surface area contributed by atoms with E-state index in [0.29, 0.717) is 19.1 Å². The molecule has 0 aliphatic heterocycles. The van der Waals surface area contributed by atoms with E-state index in [9.17, 15) is 0 Å². The highest BCUT2D eigenvalue weighted by atomic mass is 32.1. The molecule has 2 N–H and O–H groups in total. The lowest BCUT2D eigenvalue weighted by Gasteiger charge is -2.15. The zero-order chi connectivity index (χ0) is 15.1. The van der Waals surface area contributed by atoms with E-state index in [-0.39, 0.29) is 0 Å². The maximum absolute atomic E-state index is 6.03. The zero-order valence-corrected chi connectivity index (χ0v) is 14.0. The van der Waals surface area contributed by atoms with E-state index in [0.717, 1.165) is 6.61 Å². The fourth-order valence-electron chi connectivity index (χ4n) is 2.70. The highest BCUT2D eigenvalue weighted by Crippen LogP contribution is 2.31. The lowest BCUT2D eigenvalue weighted by Crippen LogP contribution is -2.09. The predicted octanol–water partition coefficient (Wildman–Crippen LogP) is 5.09. The van der Waals surface area contributed by atoms with E-state index >= 15 is 0 Å². The molecule has 1 unspecified atom stereocenters. The third-order valence-corrected chi connectivity index (χ3v) is 5.35. The van der Waals surface area contributed by atoms with Crippen LogP contribution in [-0.2, 0) is 17.9 Å². The summed E-state index contributed by atoms with van der Waals surface area (Å²) in [6.45, 7) is 6.67. The summed E-state index contributed by atoms with van der Waals surface area (Å²) in [6.07, 6.45) is 5.05. The highest BCUT2D eigenvalue weighted by molar-refractivity contribution is 7.19. The Balaban J connectivity index is 1.99. The van der Waals surface area contributed by atoms with Crippen LogP contribution in [0.4, 0.5) is 0 Å². The van der Waals surface area contributed by atoms with Crippen LogP contribution in [0.15, 0.2) is 24.3 Å². The SMILES string of the molecule is CCCCC(CC)COCc1c(CN)sc2ccccc12. The predicted molar refractivity (Wildman–Crippen MR) is 92.7 cm³/mol. The van der Waals surface area contributed by atoms with E-state index in [1.165, 1.54) is 46.2 Å². The summed E-state index contributed by atoms with van der Waals surface area (Å²) in [6, 6.07) is 8.52. The van der Waals surface area contributed by atoms with E-state index in [4.69, 9.17) is 10.5 Å². The Morgan fingerprint density at radius 3 is 2.76 bits per heavy atom. The number of hydrogen-bond acceptors (Lipinski definition) is 3. The van der Waals surface area contributed by atoms with Crippen LogP contribution in [0, 0.1) is 5.92 Å². The molecule has 1 aromatic carbocycles. The number of fused-ring (bicyclic) bond motifs is 1. The van der Waals surface area contributed by atoms with Crippen LogP contribution in [0.25, 0.3) is 10.1 Å². The van der Waals surface area contributed by atoms with Crippen molar-refractivity contribution in [2.24, 2.45) is 11.7 Å². The molecular weight excluding hydrogens is 278 g/mol. The largest absolute Gasteiger partial charge is 0.376 e. The fraction of sp³-hybridized carbons (Fsp3) is 0.556. The van der Waals surface area contributed by atoms with Gasteiger partial charge in [0.15, 0.2) is 0 Å². The minimum absolute atomic E-state index is 0.602. The number of thiophene rings is 1. The first-order valence-electron chi connectivity index (χ1n) is 8.07. The van der Waals surface area contributed by atoms with Gasteiger partial charge in [-0.2, -0.15) is 0 Å². The molecule has 0 aliphatic carbocycles. The molecule has 0 radical (unpaired) electrons. The number of hydrogen-bond donors (Lipinski definition) is 1. The van der Waals surface area contributed by atoms with Crippen LogP contribution in [0.3, 0.4) is 0 Å². The lowest BCUT2D eigenvalue weighted by atomic mass is 10.0. The molecule has 1 aromatic heterocycles. The second-order valence-electron chi connectivity index (χ2n) is 5.64. The minimum atomic E-state index is 0.602. The summed E-state index contributed by atoms with van der Waals surface area (Å²) in [7, 11) is 0. The number of nitrogens with two attached hydrogens (primary N) is 1. The molecule has 0 aliphatic rings. The number of ether oxygens (including phenoxy) is 1. The van der Waals surface area contributed by atoms with Crippen molar-refractivity contribution in [3.05, 3.63) is 34.7 Å². The normalized spacial score (nSPS) is 12.9. The van der Waals surface area contributed by atoms with E-state index in [1.807, 2.05) is 0 Å². The van der Waals surface area contributed by atoms with Crippen molar-refractivity contribution in [1.82, 2.24) is 0 Å². The van der Waals surface area contributed by atoms with Crippen LogP contribution < -0.4 is 5.73 Å². The Labute approximate surface area is 132 Å². The summed E-state index contributed by atoms with van der Waals surface area (Å²) in [5, 5.41) is 1.31. The van der Waals surface area contributed by atoms with Gasteiger partial charge < -0.3 is 10.5 Å². The van der Waals surface area contributed by atoms with Crippen LogP contribution in [-0.4, -0.2) is 6.61 Å². The van der Waals surface area contributed by atoms with Gasteiger partial charge in [-0.15, -0.1) is 11.3 Å². The third-order valence-electron chi connectivity index (χ3n) is 4.11. The van der Waals surface area contributed by atoms with Crippen molar-refractivity contribution in [2.45, 2.75) is 52.7 Å². The molecule has 0 fully saturated rings. The van der Waals surface area contributed by atoms with Crippen molar-refractivity contribution >= 4 is 21.4 Å². The van der Waals surface area contributed by atoms with E-state index < -0.39 is 0 Å². The van der Waals surface area contributed by atoms with Gasteiger partial charge in [-0.25, -0.2) is 0 Å². The molecular formula is C18H27NOS. The van der Waals surface area contributed by atoms with Crippen LogP contribution in [0.5, 0.6) is 0 Å². The van der Waals surface area contributed by atoms with E-state index in [1.54, 1.807) is 11.3 Å². The van der Waals surface area contributed by atoms with Crippen LogP contribution >= 0.6 is 11.3 Å². The van der Waals surface area contributed by atoms with Crippen molar-refractivity contribution < 1.29 is 4.74 Å². The first-order valence-corrected chi connectivity index (χ1v) is 8.88. The first kappa shape index (κ1) is 16.5. The van der Waals surface area contributed by atoms with Crippen molar-refractivity contribution in [3.8, 4) is 0 Å². The summed E-state index contributed by atoms with van der Waals surface area (Å²) < 4.78 is 7.34. The third kappa shape index (κ3) is 4.29. The molecule has 0 saturated heterocycles. The van der Waals surface area contributed by atoms with Crippen LogP contribution in [0.2, 0.25) is 0 Å². The maximum Gasteiger partial charge on any atom is 0.0734 e. The van der Waals surface area contributed by atoms with Gasteiger partial charge in [0, 0.05) is 28.3 Å². The molecule has 116 valence electrons. The van der Waals surface area contributed by atoms with Gasteiger partial charge in [0.2, 0.25) is 0 Å². The molecule has 0 saturated carbocycles. The van der Waals surface area contributed by atoms with Gasteiger partial charge in [-0.05, 0) is 23.8 Å². The summed E-state index contributed by atoms with van der Waals surface area (Å²) in [5.41, 5.74) is 7.19. The average Bonchev–Trinajstić information content (AvgIpc) is 2.88. The Hall–Kier alpha value is -0.900. The number of unbranched alkanes of at least 4 members (excludes halogenated alkanes) is 1. The highest BCUT2D eigenvalue weighted by Gasteiger charge is 2.12. The van der Waals surface area contributed by atoms with Crippen molar-refractivity contribution in [1.29, 1.82) is 0 Å². The molecule has 3 heteroatoms. The quantitative estimate of drug-likeness (QED) is 0.700. The Bertz CT molecular complexity index is 549. The fourth-order valence-corrected chi connectivity index (χ4v) is 3.79. The molecule has 0 bridgehead atoms. The van der Waals surface area contributed by atoms with Gasteiger partial charge >= 0.3 is 0 Å². The minimum Gasteiger partial charge on any atom is -0.376 e. The average molecular weight is 305 g/mol. The second kappa shape index (κ2) is 8.52. The monoisotopic (exact) mass is 305 g/mol. The molecule has 1 heterocycles. The Kier molecular flexibility index (Phi) is 6.68. The van der Waals surface area contributed by atoms with Gasteiger partial charge in [0.1, 0.15) is 0 Å². The van der Waals surface area contributed by atoms with Crippen molar-refractivity contribution in [2.75, 3.05) is 6.61 Å². The Morgan fingerprint density at radius 2 is 2.05 bits per heavy atom. The maximum atomic E-state index is 6.03. The lowest BCUT2D eigenvalue weighted by molar-refractivity contribution is 0.0824. The van der Waals surface area contributed by atoms with Crippen LogP contribution in [0.1, 0.15) is 50.0 Å². The molecule has 1 atom stereocenters. The smallest absolute Gasteiger partial charge is 0.0734 e. The summed E-state index contributed by atoms with van der Waals surface area (Å²) >= 11 is 1.80. The number of benzene rings is 1. The van der Waals surface area contributed by atoms with Gasteiger partial charge in [-0.3, -0.25) is 0 Å². The van der Waals surface area contributed by atoms with Gasteiger partial charge in [-0.1, -0.05) is 51.3 Å². The van der Waals surface area contributed by atoms with Crippen molar-refractivity contribution in [3.63, 3.8) is 0 Å². The molecule has 0 spiro atoms. The molecule has 2 nitrogen and oxygen atoms in total. The summed E-state index contributed by atoms with van der Waals surface area (Å²) in [4.78, 5) is 1.26. The first-order chi connectivity index (χ1) is 10.3. The number of rotatable bonds is 9. The Morgan fingerprint density at radius 1 is 1.24 bits per heavy atom. The summed E-state index contributed by atoms with van der Waals surface area (Å²) in [5.74, 6) is 0.691. The van der Waals surface area contributed by atoms with Gasteiger partial charge in [0.25, 0.3) is 0 Å². The molecule has 2 rings (SSSR count). The molecule has 21 heavy (non-hydrogen) atoms. The zero-order valence-electron chi connectivity index (χ0n) is 13.2. The molecule has 0 amide bonds. The van der Waals surface area contributed by atoms with E-state index in [2.05, 4.69) is 38.1 Å².